The number of hydrogen-bond donors (Lipinski definition) is 3. The second kappa shape index (κ2) is 5.20. The van der Waals surface area contributed by atoms with Crippen LogP contribution in [0.2, 0.25) is 0 Å². The number of para-hydroxylation sites is 4. The molecular formula is C21H15N3O2. The van der Waals surface area contributed by atoms with Crippen LogP contribution in [0.5, 0.6) is 5.75 Å². The molecule has 5 nitrogen and oxygen atoms in total. The summed E-state index contributed by atoms with van der Waals surface area (Å²) >= 11 is 0. The van der Waals surface area contributed by atoms with E-state index in [2.05, 4.69) is 10.3 Å². The number of benzene rings is 3. The molecule has 4 aromatic rings. The Kier molecular flexibility index (Phi) is 2.94. The zero-order chi connectivity index (χ0) is 17.7. The third-order valence-electron chi connectivity index (χ3n) is 4.97. The Labute approximate surface area is 149 Å². The van der Waals surface area contributed by atoms with Crippen molar-refractivity contribution in [1.29, 1.82) is 0 Å². The van der Waals surface area contributed by atoms with Gasteiger partial charge in [-0.05, 0) is 24.3 Å². The predicted octanol–water partition coefficient (Wildman–Crippen LogP) is 3.56. The number of nitrogens with zero attached hydrogens (tertiary/aromatic N) is 1. The number of carbonyl (C=O) groups excluding carboxylic acids is 1. The molecular weight excluding hydrogens is 326 g/mol. The van der Waals surface area contributed by atoms with Gasteiger partial charge in [0.25, 0.3) is 0 Å². The molecule has 2 heterocycles. The van der Waals surface area contributed by atoms with Crippen LogP contribution >= 0.6 is 0 Å². The molecule has 5 rings (SSSR count). The second-order valence-corrected chi connectivity index (χ2v) is 6.37. The zero-order valence-corrected chi connectivity index (χ0v) is 13.7. The number of anilines is 1. The Bertz CT molecular complexity index is 1130. The van der Waals surface area contributed by atoms with E-state index in [-0.39, 0.29) is 11.7 Å². The van der Waals surface area contributed by atoms with E-state index in [0.29, 0.717) is 11.4 Å². The monoisotopic (exact) mass is 341 g/mol. The molecule has 1 amide bonds. The summed E-state index contributed by atoms with van der Waals surface area (Å²) in [5.74, 6) is 0.307. The van der Waals surface area contributed by atoms with Gasteiger partial charge >= 0.3 is 0 Å². The van der Waals surface area contributed by atoms with E-state index in [1.807, 2.05) is 54.6 Å². The van der Waals surface area contributed by atoms with Crippen molar-refractivity contribution in [3.8, 4) is 5.75 Å². The van der Waals surface area contributed by atoms with Crippen LogP contribution in [-0.4, -0.2) is 21.0 Å². The van der Waals surface area contributed by atoms with Crippen LogP contribution in [0.25, 0.3) is 11.0 Å². The van der Waals surface area contributed by atoms with Crippen LogP contribution in [0, 0.1) is 0 Å². The lowest BCUT2D eigenvalue weighted by Crippen LogP contribution is -2.38. The van der Waals surface area contributed by atoms with Crippen molar-refractivity contribution < 1.29 is 9.90 Å². The van der Waals surface area contributed by atoms with Crippen LogP contribution in [0.3, 0.4) is 0 Å². The van der Waals surface area contributed by atoms with Gasteiger partial charge < -0.3 is 15.4 Å². The minimum atomic E-state index is -1.24. The number of amides is 1. The lowest BCUT2D eigenvalue weighted by atomic mass is 9.74. The molecule has 3 N–H and O–H groups in total. The van der Waals surface area contributed by atoms with Gasteiger partial charge in [-0.3, -0.25) is 4.79 Å². The highest BCUT2D eigenvalue weighted by Gasteiger charge is 2.53. The highest BCUT2D eigenvalue weighted by Crippen LogP contribution is 2.49. The third kappa shape index (κ3) is 1.80. The molecule has 5 heteroatoms. The average Bonchev–Trinajstić information content (AvgIpc) is 3.21. The number of aromatic hydroxyl groups is 1. The summed E-state index contributed by atoms with van der Waals surface area (Å²) in [6.07, 6.45) is 0. The predicted molar refractivity (Wildman–Crippen MR) is 99.2 cm³/mol. The SMILES string of the molecule is O=C1Nc2ccccc2C1(c1nc2ccccc2[nH]1)c1ccccc1O. The van der Waals surface area contributed by atoms with Crippen molar-refractivity contribution >= 4 is 22.6 Å². The molecule has 1 unspecified atom stereocenters. The molecule has 0 radical (unpaired) electrons. The standard InChI is InChI=1S/C21H15N3O2/c25-18-12-6-2-8-14(18)21(13-7-1-3-9-15(13)24-20(21)26)19-22-16-10-4-5-11-17(16)23-19/h1-12,25H,(H,22,23)(H,24,26). The van der Waals surface area contributed by atoms with Gasteiger partial charge in [-0.25, -0.2) is 4.98 Å². The molecule has 0 bridgehead atoms. The number of phenols is 1. The summed E-state index contributed by atoms with van der Waals surface area (Å²) in [6, 6.07) is 22.1. The number of rotatable bonds is 2. The highest BCUT2D eigenvalue weighted by molar-refractivity contribution is 6.11. The fraction of sp³-hybridized carbons (Fsp3) is 0.0476. The Morgan fingerprint density at radius 1 is 0.846 bits per heavy atom. The maximum atomic E-state index is 13.3. The van der Waals surface area contributed by atoms with E-state index in [4.69, 9.17) is 4.98 Å². The molecule has 0 saturated carbocycles. The van der Waals surface area contributed by atoms with E-state index >= 15 is 0 Å². The van der Waals surface area contributed by atoms with Gasteiger partial charge in [0.05, 0.1) is 11.0 Å². The fourth-order valence-electron chi connectivity index (χ4n) is 3.81. The van der Waals surface area contributed by atoms with E-state index in [1.165, 1.54) is 0 Å². The average molecular weight is 341 g/mol. The first-order valence-electron chi connectivity index (χ1n) is 8.36. The van der Waals surface area contributed by atoms with E-state index in [1.54, 1.807) is 18.2 Å². The largest absolute Gasteiger partial charge is 0.508 e. The summed E-state index contributed by atoms with van der Waals surface area (Å²) in [7, 11) is 0. The maximum absolute atomic E-state index is 13.3. The van der Waals surface area contributed by atoms with E-state index < -0.39 is 5.41 Å². The van der Waals surface area contributed by atoms with Crippen LogP contribution in [0.15, 0.2) is 72.8 Å². The van der Waals surface area contributed by atoms with Crippen molar-refractivity contribution in [1.82, 2.24) is 9.97 Å². The van der Waals surface area contributed by atoms with Crippen LogP contribution < -0.4 is 5.32 Å². The van der Waals surface area contributed by atoms with Crippen molar-refractivity contribution in [2.45, 2.75) is 5.41 Å². The van der Waals surface area contributed by atoms with Crippen LogP contribution in [0.4, 0.5) is 5.69 Å². The lowest BCUT2D eigenvalue weighted by molar-refractivity contribution is -0.118. The van der Waals surface area contributed by atoms with Gasteiger partial charge in [0.15, 0.2) is 5.41 Å². The van der Waals surface area contributed by atoms with Crippen molar-refractivity contribution in [3.05, 3.63) is 89.7 Å². The summed E-state index contributed by atoms with van der Waals surface area (Å²) in [5, 5.41) is 13.5. The topological polar surface area (TPSA) is 78.0 Å². The van der Waals surface area contributed by atoms with Gasteiger partial charge in [-0.15, -0.1) is 0 Å². The Balaban J connectivity index is 1.91. The number of fused-ring (bicyclic) bond motifs is 2. The van der Waals surface area contributed by atoms with Gasteiger partial charge in [0.1, 0.15) is 11.6 Å². The number of hydrogen-bond acceptors (Lipinski definition) is 3. The molecule has 0 spiro atoms. The van der Waals surface area contributed by atoms with Gasteiger partial charge in [-0.2, -0.15) is 0 Å². The molecule has 26 heavy (non-hydrogen) atoms. The van der Waals surface area contributed by atoms with Crippen LogP contribution in [0.1, 0.15) is 17.0 Å². The van der Waals surface area contributed by atoms with Crippen molar-refractivity contribution in [2.75, 3.05) is 5.32 Å². The lowest BCUT2D eigenvalue weighted by Gasteiger charge is -2.26. The number of aromatic nitrogens is 2. The first-order valence-corrected chi connectivity index (χ1v) is 8.36. The molecule has 0 aliphatic carbocycles. The summed E-state index contributed by atoms with van der Waals surface area (Å²) in [6.45, 7) is 0. The molecule has 1 aromatic heterocycles. The van der Waals surface area contributed by atoms with Crippen molar-refractivity contribution in [3.63, 3.8) is 0 Å². The van der Waals surface area contributed by atoms with E-state index in [0.717, 1.165) is 22.3 Å². The molecule has 126 valence electrons. The van der Waals surface area contributed by atoms with Gasteiger partial charge in [0, 0.05) is 16.8 Å². The molecule has 1 aliphatic rings. The smallest absolute Gasteiger partial charge is 0.247 e. The number of nitrogens with one attached hydrogen (secondary N) is 2. The molecule has 0 saturated heterocycles. The minimum absolute atomic E-state index is 0.0554. The Hall–Kier alpha value is -3.60. The number of phenolic OH excluding ortho intramolecular Hbond substituents is 1. The first kappa shape index (κ1) is 14.7. The maximum Gasteiger partial charge on any atom is 0.247 e. The Morgan fingerprint density at radius 3 is 2.35 bits per heavy atom. The number of carbonyl (C=O) groups is 1. The van der Waals surface area contributed by atoms with Crippen LogP contribution in [-0.2, 0) is 10.2 Å². The first-order chi connectivity index (χ1) is 12.7. The third-order valence-corrected chi connectivity index (χ3v) is 4.97. The molecule has 1 atom stereocenters. The highest BCUT2D eigenvalue weighted by atomic mass is 16.3. The minimum Gasteiger partial charge on any atom is -0.508 e. The molecule has 0 fully saturated rings. The number of imidazole rings is 1. The summed E-state index contributed by atoms with van der Waals surface area (Å²) in [5.41, 5.74) is 2.37. The fourth-order valence-corrected chi connectivity index (χ4v) is 3.81. The zero-order valence-electron chi connectivity index (χ0n) is 13.7. The van der Waals surface area contributed by atoms with E-state index in [9.17, 15) is 9.90 Å². The normalized spacial score (nSPS) is 18.7. The molecule has 1 aliphatic heterocycles. The second-order valence-electron chi connectivity index (χ2n) is 6.37. The summed E-state index contributed by atoms with van der Waals surface area (Å²) < 4.78 is 0. The quantitative estimate of drug-likeness (QED) is 0.522. The molecule has 3 aromatic carbocycles. The van der Waals surface area contributed by atoms with Gasteiger partial charge in [0.2, 0.25) is 5.91 Å². The Morgan fingerprint density at radius 2 is 1.54 bits per heavy atom. The number of H-pyrrole nitrogens is 1. The number of aromatic amines is 1. The van der Waals surface area contributed by atoms with Crippen molar-refractivity contribution in [2.24, 2.45) is 0 Å². The van der Waals surface area contributed by atoms with Gasteiger partial charge in [-0.1, -0.05) is 48.5 Å². The summed E-state index contributed by atoms with van der Waals surface area (Å²) in [4.78, 5) is 21.3.